The third-order valence-corrected chi connectivity index (χ3v) is 1.77. The summed E-state index contributed by atoms with van der Waals surface area (Å²) < 4.78 is 10.2. The molecule has 1 heterocycles. The average Bonchev–Trinajstić information content (AvgIpc) is 2.04. The van der Waals surface area contributed by atoms with Crippen LogP contribution in [0.5, 0.6) is 0 Å². The number of hydrogen-bond acceptors (Lipinski definition) is 3. The van der Waals surface area contributed by atoms with Crippen molar-refractivity contribution >= 4 is 0 Å². The molecule has 0 aromatic rings. The Kier molecular flexibility index (Phi) is 2.67. The molecule has 1 aliphatic rings. The van der Waals surface area contributed by atoms with E-state index in [0.717, 1.165) is 6.42 Å². The van der Waals surface area contributed by atoms with Crippen LogP contribution < -0.4 is 0 Å². The van der Waals surface area contributed by atoms with Gasteiger partial charge in [0.25, 0.3) is 0 Å². The van der Waals surface area contributed by atoms with E-state index in [2.05, 4.69) is 6.07 Å². The Morgan fingerprint density at radius 2 is 2.50 bits per heavy atom. The van der Waals surface area contributed by atoms with Gasteiger partial charge < -0.3 is 9.47 Å². The second-order valence-corrected chi connectivity index (χ2v) is 2.37. The fourth-order valence-corrected chi connectivity index (χ4v) is 1.09. The lowest BCUT2D eigenvalue weighted by atomic mass is 9.99. The number of hydrogen-bond donors (Lipinski definition) is 0. The number of rotatable bonds is 1. The fourth-order valence-electron chi connectivity index (χ4n) is 1.09. The molecule has 0 aromatic heterocycles. The van der Waals surface area contributed by atoms with Gasteiger partial charge in [-0.05, 0) is 6.42 Å². The van der Waals surface area contributed by atoms with Gasteiger partial charge in [0, 0.05) is 13.7 Å². The minimum Gasteiger partial charge on any atom is -0.379 e. The largest absolute Gasteiger partial charge is 0.379 e. The highest BCUT2D eigenvalue weighted by Crippen LogP contribution is 2.16. The highest BCUT2D eigenvalue weighted by molar-refractivity contribution is 4.90. The summed E-state index contributed by atoms with van der Waals surface area (Å²) in [5.74, 6) is 0.0266. The molecule has 0 aromatic carbocycles. The van der Waals surface area contributed by atoms with Crippen LogP contribution in [0.4, 0.5) is 0 Å². The Bertz CT molecular complexity index is 141. The lowest BCUT2D eigenvalue weighted by Gasteiger charge is -2.25. The molecule has 0 radical (unpaired) electrons. The quantitative estimate of drug-likeness (QED) is 0.536. The smallest absolute Gasteiger partial charge is 0.0963 e. The van der Waals surface area contributed by atoms with Crippen LogP contribution in [-0.2, 0) is 9.47 Å². The summed E-state index contributed by atoms with van der Waals surface area (Å²) in [4.78, 5) is 0. The van der Waals surface area contributed by atoms with Crippen LogP contribution in [0.1, 0.15) is 6.42 Å². The van der Waals surface area contributed by atoms with Crippen molar-refractivity contribution in [3.05, 3.63) is 0 Å². The lowest BCUT2D eigenvalue weighted by Crippen LogP contribution is -2.32. The van der Waals surface area contributed by atoms with Gasteiger partial charge in [0.05, 0.1) is 24.7 Å². The SMILES string of the molecule is CO[C@@H]1COCC[C@H]1C#N. The van der Waals surface area contributed by atoms with Gasteiger partial charge in [-0.25, -0.2) is 0 Å². The minimum absolute atomic E-state index is 0.0150. The molecule has 0 unspecified atom stereocenters. The van der Waals surface area contributed by atoms with Crippen LogP contribution in [0.25, 0.3) is 0 Å². The number of methoxy groups -OCH3 is 1. The molecule has 0 saturated carbocycles. The Hall–Kier alpha value is -0.590. The molecular formula is C7H11NO2. The van der Waals surface area contributed by atoms with Crippen molar-refractivity contribution in [2.24, 2.45) is 5.92 Å². The van der Waals surface area contributed by atoms with E-state index in [9.17, 15) is 0 Å². The Balaban J connectivity index is 2.44. The van der Waals surface area contributed by atoms with Gasteiger partial charge in [-0.2, -0.15) is 5.26 Å². The van der Waals surface area contributed by atoms with Crippen LogP contribution in [0.15, 0.2) is 0 Å². The third-order valence-electron chi connectivity index (χ3n) is 1.77. The van der Waals surface area contributed by atoms with Crippen molar-refractivity contribution < 1.29 is 9.47 Å². The van der Waals surface area contributed by atoms with E-state index in [4.69, 9.17) is 14.7 Å². The van der Waals surface area contributed by atoms with E-state index in [0.29, 0.717) is 13.2 Å². The summed E-state index contributed by atoms with van der Waals surface area (Å²) in [7, 11) is 1.61. The number of nitriles is 1. The van der Waals surface area contributed by atoms with E-state index in [1.807, 2.05) is 0 Å². The first-order valence-electron chi connectivity index (χ1n) is 3.38. The zero-order valence-corrected chi connectivity index (χ0v) is 6.04. The van der Waals surface area contributed by atoms with E-state index in [-0.39, 0.29) is 12.0 Å². The molecule has 0 aliphatic carbocycles. The molecule has 10 heavy (non-hydrogen) atoms. The first kappa shape index (κ1) is 7.52. The van der Waals surface area contributed by atoms with Crippen molar-refractivity contribution in [1.82, 2.24) is 0 Å². The van der Waals surface area contributed by atoms with Crippen molar-refractivity contribution in [1.29, 1.82) is 5.26 Å². The first-order chi connectivity index (χ1) is 4.88. The van der Waals surface area contributed by atoms with Gasteiger partial charge in [0.15, 0.2) is 0 Å². The topological polar surface area (TPSA) is 42.2 Å². The molecule has 0 amide bonds. The molecule has 1 fully saturated rings. The second-order valence-electron chi connectivity index (χ2n) is 2.37. The molecule has 3 nitrogen and oxygen atoms in total. The summed E-state index contributed by atoms with van der Waals surface area (Å²) in [6.07, 6.45) is 0.786. The van der Waals surface area contributed by atoms with Gasteiger partial charge in [0.2, 0.25) is 0 Å². The Morgan fingerprint density at radius 1 is 1.70 bits per heavy atom. The minimum atomic E-state index is -0.0150. The first-order valence-corrected chi connectivity index (χ1v) is 3.38. The van der Waals surface area contributed by atoms with E-state index >= 15 is 0 Å². The zero-order chi connectivity index (χ0) is 7.40. The maximum atomic E-state index is 8.61. The van der Waals surface area contributed by atoms with Crippen LogP contribution in [0, 0.1) is 17.2 Å². The van der Waals surface area contributed by atoms with Gasteiger partial charge in [-0.15, -0.1) is 0 Å². The Morgan fingerprint density at radius 3 is 3.00 bits per heavy atom. The summed E-state index contributed by atoms with van der Waals surface area (Å²) in [5, 5.41) is 8.61. The van der Waals surface area contributed by atoms with Crippen molar-refractivity contribution in [2.45, 2.75) is 12.5 Å². The molecular weight excluding hydrogens is 130 g/mol. The molecule has 1 rings (SSSR count). The summed E-state index contributed by atoms with van der Waals surface area (Å²) in [6, 6.07) is 2.20. The summed E-state index contributed by atoms with van der Waals surface area (Å²) >= 11 is 0. The maximum Gasteiger partial charge on any atom is 0.0963 e. The fraction of sp³-hybridized carbons (Fsp3) is 0.857. The lowest BCUT2D eigenvalue weighted by molar-refractivity contribution is -0.0502. The van der Waals surface area contributed by atoms with Gasteiger partial charge in [0.1, 0.15) is 0 Å². The number of nitrogens with zero attached hydrogens (tertiary/aromatic N) is 1. The van der Waals surface area contributed by atoms with Crippen molar-refractivity contribution in [3.63, 3.8) is 0 Å². The van der Waals surface area contributed by atoms with Gasteiger partial charge in [-0.3, -0.25) is 0 Å². The zero-order valence-electron chi connectivity index (χ0n) is 6.04. The standard InChI is InChI=1S/C7H11NO2/c1-9-7-5-10-3-2-6(7)4-8/h6-7H,2-3,5H2,1H3/t6-,7+/m0/s1. The number of ether oxygens (including phenoxy) is 2. The molecule has 0 N–H and O–H groups in total. The third kappa shape index (κ3) is 1.47. The maximum absolute atomic E-state index is 8.61. The highest BCUT2D eigenvalue weighted by Gasteiger charge is 2.24. The second kappa shape index (κ2) is 3.55. The average molecular weight is 141 g/mol. The molecule has 1 aliphatic heterocycles. The van der Waals surface area contributed by atoms with E-state index < -0.39 is 0 Å². The molecule has 0 spiro atoms. The predicted octanol–water partition coefficient (Wildman–Crippen LogP) is 0.561. The summed E-state index contributed by atoms with van der Waals surface area (Å²) in [5.41, 5.74) is 0. The predicted molar refractivity (Wildman–Crippen MR) is 35.3 cm³/mol. The van der Waals surface area contributed by atoms with Crippen LogP contribution in [-0.4, -0.2) is 26.4 Å². The molecule has 2 atom stereocenters. The van der Waals surface area contributed by atoms with Crippen LogP contribution in [0.2, 0.25) is 0 Å². The van der Waals surface area contributed by atoms with Gasteiger partial charge in [-0.1, -0.05) is 0 Å². The Labute approximate surface area is 60.5 Å². The molecule has 3 heteroatoms. The molecule has 0 bridgehead atoms. The summed E-state index contributed by atoms with van der Waals surface area (Å²) in [6.45, 7) is 1.26. The van der Waals surface area contributed by atoms with Crippen molar-refractivity contribution in [3.8, 4) is 6.07 Å². The normalized spacial score (nSPS) is 33.2. The monoisotopic (exact) mass is 141 g/mol. The van der Waals surface area contributed by atoms with Crippen LogP contribution >= 0.6 is 0 Å². The van der Waals surface area contributed by atoms with Crippen LogP contribution in [0.3, 0.4) is 0 Å². The molecule has 1 saturated heterocycles. The highest BCUT2D eigenvalue weighted by atomic mass is 16.5. The van der Waals surface area contributed by atoms with Gasteiger partial charge >= 0.3 is 0 Å². The van der Waals surface area contributed by atoms with Crippen molar-refractivity contribution in [2.75, 3.05) is 20.3 Å². The van der Waals surface area contributed by atoms with E-state index in [1.54, 1.807) is 7.11 Å². The van der Waals surface area contributed by atoms with E-state index in [1.165, 1.54) is 0 Å². The molecule has 56 valence electrons.